The first-order valence-electron chi connectivity index (χ1n) is 12.4. The number of esters is 1. The molecule has 0 aromatic heterocycles. The minimum Gasteiger partial charge on any atom is -0.465 e. The third-order valence-corrected chi connectivity index (χ3v) is 6.97. The second-order valence-electron chi connectivity index (χ2n) is 9.25. The summed E-state index contributed by atoms with van der Waals surface area (Å²) < 4.78 is 18.3. The lowest BCUT2D eigenvalue weighted by molar-refractivity contribution is -0.384. The van der Waals surface area contributed by atoms with Crippen molar-refractivity contribution in [2.75, 3.05) is 6.61 Å². The van der Waals surface area contributed by atoms with E-state index in [0.717, 1.165) is 67.0 Å². The fourth-order valence-corrected chi connectivity index (χ4v) is 5.20. The predicted octanol–water partition coefficient (Wildman–Crippen LogP) is 6.54. The molecule has 1 aliphatic heterocycles. The van der Waals surface area contributed by atoms with Crippen molar-refractivity contribution in [3.05, 3.63) is 81.9 Å². The number of rotatable bonds is 6. The predicted molar refractivity (Wildman–Crippen MR) is 132 cm³/mol. The van der Waals surface area contributed by atoms with Gasteiger partial charge in [-0.15, -0.1) is 0 Å². The molecule has 182 valence electrons. The standard InChI is InChI=1S/C28H29NO6/c30-28(20-12-15-21(16-13-20)29(31)32)35-24-10-4-3-9-23(24)27-22-8-2-1-7-19(22)14-17-25(27)34-26-11-5-6-18-33-26/h1-2,7-8,12-17,23-24,26H,3-6,9-11,18H2/t23-,24+,26+/m1/s1. The largest absolute Gasteiger partial charge is 0.465 e. The number of benzene rings is 3. The Kier molecular flexibility index (Phi) is 6.95. The van der Waals surface area contributed by atoms with E-state index in [1.807, 2.05) is 18.2 Å². The number of carbonyl (C=O) groups excluding carboxylic acids is 1. The first kappa shape index (κ1) is 23.3. The molecule has 0 radical (unpaired) electrons. The van der Waals surface area contributed by atoms with Crippen LogP contribution in [0.5, 0.6) is 5.75 Å². The van der Waals surface area contributed by atoms with Gasteiger partial charge in [0.1, 0.15) is 11.9 Å². The van der Waals surface area contributed by atoms with Crippen molar-refractivity contribution in [3.63, 3.8) is 0 Å². The van der Waals surface area contributed by atoms with Crippen LogP contribution in [0.15, 0.2) is 60.7 Å². The maximum absolute atomic E-state index is 13.0. The van der Waals surface area contributed by atoms with Crippen LogP contribution in [0.4, 0.5) is 5.69 Å². The van der Waals surface area contributed by atoms with E-state index in [-0.39, 0.29) is 24.0 Å². The summed E-state index contributed by atoms with van der Waals surface area (Å²) in [4.78, 5) is 23.5. The molecular formula is C28H29NO6. The summed E-state index contributed by atoms with van der Waals surface area (Å²) in [5.41, 5.74) is 1.32. The molecule has 5 rings (SSSR count). The van der Waals surface area contributed by atoms with Crippen molar-refractivity contribution < 1.29 is 23.9 Å². The molecule has 35 heavy (non-hydrogen) atoms. The summed E-state index contributed by atoms with van der Waals surface area (Å²) in [5, 5.41) is 13.2. The molecule has 0 amide bonds. The third-order valence-electron chi connectivity index (χ3n) is 6.97. The molecule has 3 atom stereocenters. The zero-order chi connectivity index (χ0) is 24.2. The van der Waals surface area contributed by atoms with Crippen molar-refractivity contribution in [3.8, 4) is 5.75 Å². The van der Waals surface area contributed by atoms with Crippen LogP contribution in [0.25, 0.3) is 10.8 Å². The van der Waals surface area contributed by atoms with Gasteiger partial charge in [0.25, 0.3) is 5.69 Å². The summed E-state index contributed by atoms with van der Waals surface area (Å²) in [5.74, 6) is 0.310. The van der Waals surface area contributed by atoms with E-state index in [0.29, 0.717) is 12.2 Å². The van der Waals surface area contributed by atoms with Gasteiger partial charge in [-0.05, 0) is 61.1 Å². The minimum atomic E-state index is -0.482. The van der Waals surface area contributed by atoms with E-state index in [4.69, 9.17) is 14.2 Å². The van der Waals surface area contributed by atoms with Crippen LogP contribution in [0.2, 0.25) is 0 Å². The maximum Gasteiger partial charge on any atom is 0.338 e. The number of fused-ring (bicyclic) bond motifs is 1. The molecule has 1 heterocycles. The molecule has 1 saturated heterocycles. The van der Waals surface area contributed by atoms with Gasteiger partial charge in [0.05, 0.1) is 17.1 Å². The number of nitro groups is 1. The monoisotopic (exact) mass is 475 g/mol. The molecule has 7 nitrogen and oxygen atoms in total. The molecule has 2 fully saturated rings. The normalized spacial score (nSPS) is 22.5. The zero-order valence-corrected chi connectivity index (χ0v) is 19.6. The third kappa shape index (κ3) is 5.15. The second kappa shape index (κ2) is 10.4. The van der Waals surface area contributed by atoms with E-state index < -0.39 is 10.9 Å². The molecule has 2 aliphatic rings. The maximum atomic E-state index is 13.0. The number of hydrogen-bond acceptors (Lipinski definition) is 6. The van der Waals surface area contributed by atoms with Crippen LogP contribution in [0, 0.1) is 10.1 Å². The Labute approximate surface area is 204 Å². The van der Waals surface area contributed by atoms with E-state index in [1.165, 1.54) is 24.3 Å². The molecule has 1 aliphatic carbocycles. The molecule has 0 bridgehead atoms. The zero-order valence-electron chi connectivity index (χ0n) is 19.6. The molecule has 3 aromatic rings. The van der Waals surface area contributed by atoms with Crippen LogP contribution in [0.1, 0.15) is 66.8 Å². The van der Waals surface area contributed by atoms with Gasteiger partial charge in [0, 0.05) is 30.0 Å². The van der Waals surface area contributed by atoms with Crippen molar-refractivity contribution in [1.82, 2.24) is 0 Å². The smallest absolute Gasteiger partial charge is 0.338 e. The quantitative estimate of drug-likeness (QED) is 0.229. The van der Waals surface area contributed by atoms with Crippen LogP contribution in [-0.2, 0) is 9.47 Å². The van der Waals surface area contributed by atoms with Gasteiger partial charge >= 0.3 is 5.97 Å². The second-order valence-corrected chi connectivity index (χ2v) is 9.25. The Balaban J connectivity index is 1.46. The van der Waals surface area contributed by atoms with Gasteiger partial charge in [-0.25, -0.2) is 4.79 Å². The van der Waals surface area contributed by atoms with E-state index in [1.54, 1.807) is 0 Å². The van der Waals surface area contributed by atoms with E-state index in [9.17, 15) is 14.9 Å². The molecule has 7 heteroatoms. The lowest BCUT2D eigenvalue weighted by atomic mass is 9.79. The topological polar surface area (TPSA) is 87.9 Å². The lowest BCUT2D eigenvalue weighted by Gasteiger charge is -2.34. The number of ether oxygens (including phenoxy) is 3. The molecule has 0 N–H and O–H groups in total. The van der Waals surface area contributed by atoms with Crippen molar-refractivity contribution in [1.29, 1.82) is 0 Å². The van der Waals surface area contributed by atoms with Gasteiger partial charge in [-0.3, -0.25) is 10.1 Å². The highest BCUT2D eigenvalue weighted by atomic mass is 16.7. The molecular weight excluding hydrogens is 446 g/mol. The molecule has 1 saturated carbocycles. The number of nitro benzene ring substituents is 1. The van der Waals surface area contributed by atoms with Crippen molar-refractivity contribution in [2.24, 2.45) is 0 Å². The lowest BCUT2D eigenvalue weighted by Crippen LogP contribution is -2.30. The average molecular weight is 476 g/mol. The molecule has 0 unspecified atom stereocenters. The summed E-state index contributed by atoms with van der Waals surface area (Å²) in [6.07, 6.45) is 6.05. The molecule has 3 aromatic carbocycles. The highest BCUT2D eigenvalue weighted by Gasteiger charge is 2.34. The van der Waals surface area contributed by atoms with Gasteiger partial charge in [0.2, 0.25) is 0 Å². The summed E-state index contributed by atoms with van der Waals surface area (Å²) in [7, 11) is 0. The van der Waals surface area contributed by atoms with Crippen LogP contribution in [0.3, 0.4) is 0 Å². The Morgan fingerprint density at radius 3 is 2.46 bits per heavy atom. The summed E-state index contributed by atoms with van der Waals surface area (Å²) >= 11 is 0. The van der Waals surface area contributed by atoms with Crippen molar-refractivity contribution >= 4 is 22.4 Å². The first-order valence-corrected chi connectivity index (χ1v) is 12.4. The first-order chi connectivity index (χ1) is 17.1. The number of hydrogen-bond donors (Lipinski definition) is 0. The number of non-ortho nitro benzene ring substituents is 1. The Bertz CT molecular complexity index is 1200. The number of carbonyl (C=O) groups is 1. The van der Waals surface area contributed by atoms with Gasteiger partial charge in [0.15, 0.2) is 6.29 Å². The Morgan fingerprint density at radius 1 is 0.914 bits per heavy atom. The van der Waals surface area contributed by atoms with Crippen molar-refractivity contribution in [2.45, 2.75) is 63.3 Å². The minimum absolute atomic E-state index is 0.0181. The Hall–Kier alpha value is -3.45. The molecule has 0 spiro atoms. The average Bonchev–Trinajstić information content (AvgIpc) is 2.90. The fourth-order valence-electron chi connectivity index (χ4n) is 5.20. The van der Waals surface area contributed by atoms with E-state index in [2.05, 4.69) is 18.2 Å². The van der Waals surface area contributed by atoms with Gasteiger partial charge in [-0.1, -0.05) is 36.8 Å². The van der Waals surface area contributed by atoms with Crippen LogP contribution < -0.4 is 4.74 Å². The van der Waals surface area contributed by atoms with Gasteiger partial charge in [-0.2, -0.15) is 0 Å². The summed E-state index contributed by atoms with van der Waals surface area (Å²) in [6, 6.07) is 17.9. The van der Waals surface area contributed by atoms with Gasteiger partial charge < -0.3 is 14.2 Å². The SMILES string of the molecule is O=C(O[C@H]1CCCC[C@H]1c1c(O[C@H]2CCCCO2)ccc2ccccc12)c1ccc([N+](=O)[O-])cc1. The number of nitrogens with zero attached hydrogens (tertiary/aromatic N) is 1. The summed E-state index contributed by atoms with van der Waals surface area (Å²) in [6.45, 7) is 0.701. The Morgan fingerprint density at radius 2 is 1.69 bits per heavy atom. The fraction of sp³-hybridized carbons (Fsp3) is 0.393. The van der Waals surface area contributed by atoms with E-state index >= 15 is 0 Å². The van der Waals surface area contributed by atoms with Crippen LogP contribution >= 0.6 is 0 Å². The highest BCUT2D eigenvalue weighted by Crippen LogP contribution is 2.44. The van der Waals surface area contributed by atoms with Crippen LogP contribution in [-0.4, -0.2) is 29.9 Å². The highest BCUT2D eigenvalue weighted by molar-refractivity contribution is 5.90.